The zero-order valence-corrected chi connectivity index (χ0v) is 13.2. The second kappa shape index (κ2) is 6.22. The molecule has 0 aliphatic heterocycles. The minimum Gasteiger partial charge on any atom is -0.378 e. The van der Waals surface area contributed by atoms with Gasteiger partial charge in [0.2, 0.25) is 0 Å². The van der Waals surface area contributed by atoms with E-state index in [1.807, 2.05) is 0 Å². The van der Waals surface area contributed by atoms with E-state index < -0.39 is 0 Å². The van der Waals surface area contributed by atoms with Crippen molar-refractivity contribution in [3.63, 3.8) is 0 Å². The van der Waals surface area contributed by atoms with Crippen molar-refractivity contribution >= 4 is 27.8 Å². The van der Waals surface area contributed by atoms with E-state index in [0.29, 0.717) is 19.2 Å². The third-order valence-corrected chi connectivity index (χ3v) is 5.29. The van der Waals surface area contributed by atoms with Crippen molar-refractivity contribution in [2.24, 2.45) is 5.73 Å². The molecule has 20 heavy (non-hydrogen) atoms. The highest BCUT2D eigenvalue weighted by molar-refractivity contribution is 7.15. The van der Waals surface area contributed by atoms with Gasteiger partial charge >= 0.3 is 0 Å². The number of rotatable bonds is 7. The molecule has 0 radical (unpaired) electrons. The number of anilines is 1. The Morgan fingerprint density at radius 3 is 2.95 bits per heavy atom. The van der Waals surface area contributed by atoms with Crippen molar-refractivity contribution in [1.29, 1.82) is 0 Å². The van der Waals surface area contributed by atoms with Crippen LogP contribution in [0, 0.1) is 0 Å². The van der Waals surface area contributed by atoms with Crippen LogP contribution < -0.4 is 10.6 Å². The Labute approximate surface area is 127 Å². The van der Waals surface area contributed by atoms with Crippen molar-refractivity contribution in [2.45, 2.75) is 38.6 Å². The van der Waals surface area contributed by atoms with E-state index in [0.717, 1.165) is 22.2 Å². The fourth-order valence-corrected chi connectivity index (χ4v) is 3.89. The number of hydrogen-bond acceptors (Lipinski definition) is 6. The van der Waals surface area contributed by atoms with Gasteiger partial charge in [0.05, 0.1) is 12.3 Å². The molecule has 1 aliphatic carbocycles. The molecule has 1 saturated carbocycles. The van der Waals surface area contributed by atoms with Gasteiger partial charge in [-0.3, -0.25) is 0 Å². The minimum absolute atomic E-state index is 0.535. The van der Waals surface area contributed by atoms with Gasteiger partial charge in [0.25, 0.3) is 0 Å². The predicted molar refractivity (Wildman–Crippen MR) is 84.2 cm³/mol. The summed E-state index contributed by atoms with van der Waals surface area (Å²) in [6, 6.07) is 2.83. The summed E-state index contributed by atoms with van der Waals surface area (Å²) < 4.78 is 5.22. The number of nitrogens with zero attached hydrogens (tertiary/aromatic N) is 2. The number of ether oxygens (including phenoxy) is 1. The van der Waals surface area contributed by atoms with Gasteiger partial charge in [-0.25, -0.2) is 4.98 Å². The largest absolute Gasteiger partial charge is 0.378 e. The lowest BCUT2D eigenvalue weighted by Gasteiger charge is -2.20. The zero-order chi connectivity index (χ0) is 13.9. The Hall–Kier alpha value is -0.950. The average Bonchev–Trinajstić information content (AvgIpc) is 3.00. The van der Waals surface area contributed by atoms with Crippen molar-refractivity contribution in [2.75, 3.05) is 12.0 Å². The van der Waals surface area contributed by atoms with Gasteiger partial charge in [-0.1, -0.05) is 0 Å². The van der Waals surface area contributed by atoms with E-state index in [4.69, 9.17) is 15.5 Å². The van der Waals surface area contributed by atoms with Gasteiger partial charge in [-0.2, -0.15) is 11.3 Å². The number of aromatic nitrogens is 1. The van der Waals surface area contributed by atoms with Gasteiger partial charge in [0, 0.05) is 31.1 Å². The second-order valence-corrected chi connectivity index (χ2v) is 6.84. The van der Waals surface area contributed by atoms with Crippen molar-refractivity contribution in [1.82, 2.24) is 4.98 Å². The number of thiophene rings is 1. The molecule has 6 heteroatoms. The van der Waals surface area contributed by atoms with Crippen LogP contribution in [0.3, 0.4) is 0 Å². The lowest BCUT2D eigenvalue weighted by molar-refractivity contribution is 0.181. The Morgan fingerprint density at radius 1 is 1.50 bits per heavy atom. The highest BCUT2D eigenvalue weighted by atomic mass is 32.1. The van der Waals surface area contributed by atoms with Gasteiger partial charge in [0.15, 0.2) is 5.13 Å². The summed E-state index contributed by atoms with van der Waals surface area (Å²) in [5.74, 6) is 0. The Bertz CT molecular complexity index is 549. The average molecular weight is 309 g/mol. The maximum atomic E-state index is 5.82. The predicted octanol–water partition coefficient (Wildman–Crippen LogP) is 2.98. The van der Waals surface area contributed by atoms with E-state index in [1.165, 1.54) is 18.4 Å². The molecule has 4 nitrogen and oxygen atoms in total. The standard InChI is InChI=1S/C14H19N3OS2/c1-18-8-12-13(6-15)20-14(16-12)17(11-2-3-11)7-10-4-5-19-9-10/h4-5,9,11H,2-3,6-8,15H2,1H3. The molecule has 0 bridgehead atoms. The van der Waals surface area contributed by atoms with E-state index in [2.05, 4.69) is 21.7 Å². The number of methoxy groups -OCH3 is 1. The molecule has 1 fully saturated rings. The molecule has 1 aliphatic rings. The Kier molecular flexibility index (Phi) is 4.35. The van der Waals surface area contributed by atoms with Crippen LogP contribution in [-0.2, 0) is 24.4 Å². The van der Waals surface area contributed by atoms with Crippen molar-refractivity contribution < 1.29 is 4.74 Å². The second-order valence-electron chi connectivity index (χ2n) is 4.99. The molecule has 0 saturated heterocycles. The highest BCUT2D eigenvalue weighted by Crippen LogP contribution is 2.36. The SMILES string of the molecule is COCc1nc(N(Cc2ccsc2)C2CC2)sc1CN. The summed E-state index contributed by atoms with van der Waals surface area (Å²) in [5, 5.41) is 5.43. The molecule has 2 aromatic heterocycles. The van der Waals surface area contributed by atoms with E-state index in [9.17, 15) is 0 Å². The van der Waals surface area contributed by atoms with Crippen LogP contribution in [0.25, 0.3) is 0 Å². The molecule has 0 atom stereocenters. The van der Waals surface area contributed by atoms with E-state index in [-0.39, 0.29) is 0 Å². The molecule has 3 rings (SSSR count). The summed E-state index contributed by atoms with van der Waals surface area (Å²) in [7, 11) is 1.70. The monoisotopic (exact) mass is 309 g/mol. The molecule has 2 aromatic rings. The van der Waals surface area contributed by atoms with Gasteiger partial charge in [0.1, 0.15) is 0 Å². The molecular formula is C14H19N3OS2. The van der Waals surface area contributed by atoms with E-state index in [1.54, 1.807) is 29.8 Å². The first-order valence-corrected chi connectivity index (χ1v) is 8.53. The van der Waals surface area contributed by atoms with Crippen LogP contribution in [0.4, 0.5) is 5.13 Å². The quantitative estimate of drug-likeness (QED) is 0.854. The van der Waals surface area contributed by atoms with Crippen LogP contribution in [0.15, 0.2) is 16.8 Å². The third-order valence-electron chi connectivity index (χ3n) is 3.40. The normalized spacial score (nSPS) is 14.7. The van der Waals surface area contributed by atoms with Crippen molar-refractivity contribution in [3.8, 4) is 0 Å². The molecule has 0 spiro atoms. The van der Waals surface area contributed by atoms with Crippen LogP contribution in [0.2, 0.25) is 0 Å². The molecule has 2 N–H and O–H groups in total. The van der Waals surface area contributed by atoms with Gasteiger partial charge in [-0.05, 0) is 35.2 Å². The molecule has 0 unspecified atom stereocenters. The van der Waals surface area contributed by atoms with Crippen LogP contribution >= 0.6 is 22.7 Å². The first-order chi connectivity index (χ1) is 9.81. The maximum Gasteiger partial charge on any atom is 0.186 e. The Balaban J connectivity index is 1.83. The number of thiazole rings is 1. The maximum absolute atomic E-state index is 5.82. The summed E-state index contributed by atoms with van der Waals surface area (Å²) in [5.41, 5.74) is 8.17. The van der Waals surface area contributed by atoms with Crippen LogP contribution in [-0.4, -0.2) is 18.1 Å². The Morgan fingerprint density at radius 2 is 2.35 bits per heavy atom. The van der Waals surface area contributed by atoms with Gasteiger partial charge < -0.3 is 15.4 Å². The smallest absolute Gasteiger partial charge is 0.186 e. The first-order valence-electron chi connectivity index (χ1n) is 6.77. The molecule has 2 heterocycles. The molecule has 0 amide bonds. The molecular weight excluding hydrogens is 290 g/mol. The highest BCUT2D eigenvalue weighted by Gasteiger charge is 2.31. The summed E-state index contributed by atoms with van der Waals surface area (Å²) >= 11 is 3.46. The fraction of sp³-hybridized carbons (Fsp3) is 0.500. The summed E-state index contributed by atoms with van der Waals surface area (Å²) in [6.45, 7) is 2.02. The fourth-order valence-electron chi connectivity index (χ4n) is 2.22. The van der Waals surface area contributed by atoms with Gasteiger partial charge in [-0.15, -0.1) is 11.3 Å². The molecule has 0 aromatic carbocycles. The molecule has 108 valence electrons. The number of hydrogen-bond donors (Lipinski definition) is 1. The zero-order valence-electron chi connectivity index (χ0n) is 11.5. The van der Waals surface area contributed by atoms with Crippen LogP contribution in [0.1, 0.15) is 29.0 Å². The van der Waals surface area contributed by atoms with E-state index >= 15 is 0 Å². The summed E-state index contributed by atoms with van der Waals surface area (Å²) in [4.78, 5) is 8.31. The third kappa shape index (κ3) is 3.03. The lowest BCUT2D eigenvalue weighted by atomic mass is 10.3. The van der Waals surface area contributed by atoms with Crippen molar-refractivity contribution in [3.05, 3.63) is 33.0 Å². The topological polar surface area (TPSA) is 51.4 Å². The lowest BCUT2D eigenvalue weighted by Crippen LogP contribution is -2.24. The van der Waals surface area contributed by atoms with Crippen LogP contribution in [0.5, 0.6) is 0 Å². The summed E-state index contributed by atoms with van der Waals surface area (Å²) in [6.07, 6.45) is 2.53. The number of nitrogens with two attached hydrogens (primary N) is 1. The first kappa shape index (κ1) is 14.0. The minimum atomic E-state index is 0.535.